The van der Waals surface area contributed by atoms with Crippen molar-refractivity contribution in [2.24, 2.45) is 5.92 Å². The molecule has 0 spiro atoms. The van der Waals surface area contributed by atoms with Crippen LogP contribution in [0.3, 0.4) is 0 Å². The normalized spacial score (nSPS) is 13.9. The van der Waals surface area contributed by atoms with Crippen molar-refractivity contribution in [2.45, 2.75) is 26.2 Å². The maximum Gasteiger partial charge on any atom is 0.223 e. The van der Waals surface area contributed by atoms with Crippen molar-refractivity contribution in [3.8, 4) is 11.5 Å². The summed E-state index contributed by atoms with van der Waals surface area (Å²) in [5, 5.41) is 2.90. The fourth-order valence-corrected chi connectivity index (χ4v) is 2.57. The molecule has 0 radical (unpaired) electrons. The van der Waals surface area contributed by atoms with Gasteiger partial charge in [-0.25, -0.2) is 0 Å². The zero-order chi connectivity index (χ0) is 16.8. The number of methoxy groups -OCH3 is 2. The summed E-state index contributed by atoms with van der Waals surface area (Å²) in [6.07, 6.45) is 3.07. The topological polar surface area (TPSA) is 67.9 Å². The van der Waals surface area contributed by atoms with Crippen LogP contribution in [-0.2, 0) is 9.59 Å². The standard InChI is InChI=1S/C17H24N2O4/c1-12(20)19(10-9-18-17(21)13-5-4-6-13)14-7-8-15(22-2)16(11-14)23-3/h7-8,11,13H,4-6,9-10H2,1-3H3,(H,18,21). The van der Waals surface area contributed by atoms with Gasteiger partial charge in [-0.1, -0.05) is 6.42 Å². The summed E-state index contributed by atoms with van der Waals surface area (Å²) in [7, 11) is 3.12. The van der Waals surface area contributed by atoms with Crippen LogP contribution in [0.2, 0.25) is 0 Å². The maximum atomic E-state index is 11.9. The van der Waals surface area contributed by atoms with E-state index in [-0.39, 0.29) is 17.7 Å². The molecule has 0 saturated heterocycles. The van der Waals surface area contributed by atoms with E-state index in [1.165, 1.54) is 6.92 Å². The first-order chi connectivity index (χ1) is 11.1. The Bertz CT molecular complexity index is 570. The Morgan fingerprint density at radius 2 is 1.91 bits per heavy atom. The Labute approximate surface area is 136 Å². The second-order valence-electron chi connectivity index (χ2n) is 5.63. The van der Waals surface area contributed by atoms with Crippen LogP contribution in [0.4, 0.5) is 5.69 Å². The third-order valence-electron chi connectivity index (χ3n) is 4.17. The van der Waals surface area contributed by atoms with Crippen molar-refractivity contribution in [2.75, 3.05) is 32.2 Å². The molecule has 0 unspecified atom stereocenters. The van der Waals surface area contributed by atoms with Crippen LogP contribution in [0.1, 0.15) is 26.2 Å². The van der Waals surface area contributed by atoms with Gasteiger partial charge in [0, 0.05) is 37.7 Å². The van der Waals surface area contributed by atoms with Gasteiger partial charge >= 0.3 is 0 Å². The van der Waals surface area contributed by atoms with E-state index >= 15 is 0 Å². The van der Waals surface area contributed by atoms with E-state index in [0.29, 0.717) is 30.3 Å². The van der Waals surface area contributed by atoms with E-state index < -0.39 is 0 Å². The Morgan fingerprint density at radius 3 is 2.43 bits per heavy atom. The van der Waals surface area contributed by atoms with Crippen molar-refractivity contribution < 1.29 is 19.1 Å². The average Bonchev–Trinajstić information content (AvgIpc) is 2.48. The summed E-state index contributed by atoms with van der Waals surface area (Å²) in [5.74, 6) is 1.33. The first-order valence-electron chi connectivity index (χ1n) is 7.84. The Balaban J connectivity index is 2.00. The third-order valence-corrected chi connectivity index (χ3v) is 4.17. The van der Waals surface area contributed by atoms with Crippen molar-refractivity contribution >= 4 is 17.5 Å². The second-order valence-corrected chi connectivity index (χ2v) is 5.63. The molecule has 0 aromatic heterocycles. The number of anilines is 1. The number of benzene rings is 1. The summed E-state index contributed by atoms with van der Waals surface area (Å²) >= 11 is 0. The lowest BCUT2D eigenvalue weighted by atomic mass is 9.85. The van der Waals surface area contributed by atoms with Gasteiger partial charge in [0.1, 0.15) is 0 Å². The molecule has 23 heavy (non-hydrogen) atoms. The number of carbonyl (C=O) groups excluding carboxylic acids is 2. The van der Waals surface area contributed by atoms with Gasteiger partial charge in [0.2, 0.25) is 11.8 Å². The van der Waals surface area contributed by atoms with Gasteiger partial charge in [-0.3, -0.25) is 9.59 Å². The van der Waals surface area contributed by atoms with Gasteiger partial charge in [-0.15, -0.1) is 0 Å². The summed E-state index contributed by atoms with van der Waals surface area (Å²) in [6.45, 7) is 2.36. The lowest BCUT2D eigenvalue weighted by Crippen LogP contribution is -2.41. The highest BCUT2D eigenvalue weighted by Gasteiger charge is 2.25. The van der Waals surface area contributed by atoms with E-state index in [0.717, 1.165) is 19.3 Å². The third kappa shape index (κ3) is 4.15. The van der Waals surface area contributed by atoms with Gasteiger partial charge in [0.05, 0.1) is 14.2 Å². The van der Waals surface area contributed by atoms with Gasteiger partial charge in [0.25, 0.3) is 0 Å². The monoisotopic (exact) mass is 320 g/mol. The number of ether oxygens (including phenoxy) is 2. The van der Waals surface area contributed by atoms with Crippen molar-refractivity contribution in [1.82, 2.24) is 5.32 Å². The van der Waals surface area contributed by atoms with Crippen LogP contribution in [0.15, 0.2) is 18.2 Å². The van der Waals surface area contributed by atoms with Crippen LogP contribution in [0.25, 0.3) is 0 Å². The Kier molecular flexibility index (Phi) is 5.84. The molecule has 1 aliphatic rings. The summed E-state index contributed by atoms with van der Waals surface area (Å²) < 4.78 is 10.5. The molecule has 1 saturated carbocycles. The molecular formula is C17H24N2O4. The molecule has 1 aromatic rings. The number of hydrogen-bond donors (Lipinski definition) is 1. The van der Waals surface area contributed by atoms with Gasteiger partial charge in [-0.2, -0.15) is 0 Å². The predicted molar refractivity (Wildman–Crippen MR) is 87.9 cm³/mol. The molecule has 1 fully saturated rings. The molecule has 0 aliphatic heterocycles. The van der Waals surface area contributed by atoms with Gasteiger partial charge < -0.3 is 19.7 Å². The molecule has 2 rings (SSSR count). The highest BCUT2D eigenvalue weighted by molar-refractivity contribution is 5.92. The van der Waals surface area contributed by atoms with Crippen LogP contribution < -0.4 is 19.7 Å². The summed E-state index contributed by atoms with van der Waals surface area (Å²) in [4.78, 5) is 25.4. The fourth-order valence-electron chi connectivity index (χ4n) is 2.57. The molecule has 0 bridgehead atoms. The molecule has 126 valence electrons. The van der Waals surface area contributed by atoms with Crippen molar-refractivity contribution in [3.63, 3.8) is 0 Å². The zero-order valence-corrected chi connectivity index (χ0v) is 13.9. The van der Waals surface area contributed by atoms with Gasteiger partial charge in [-0.05, 0) is 25.0 Å². The molecule has 6 nitrogen and oxygen atoms in total. The van der Waals surface area contributed by atoms with E-state index in [1.54, 1.807) is 37.3 Å². The van der Waals surface area contributed by atoms with E-state index in [4.69, 9.17) is 9.47 Å². The van der Waals surface area contributed by atoms with E-state index in [1.807, 2.05) is 0 Å². The van der Waals surface area contributed by atoms with Crippen LogP contribution in [0, 0.1) is 5.92 Å². The minimum Gasteiger partial charge on any atom is -0.493 e. The first-order valence-corrected chi connectivity index (χ1v) is 7.84. The highest BCUT2D eigenvalue weighted by atomic mass is 16.5. The first kappa shape index (κ1) is 17.1. The van der Waals surface area contributed by atoms with Crippen LogP contribution in [-0.4, -0.2) is 39.1 Å². The number of nitrogens with zero attached hydrogens (tertiary/aromatic N) is 1. The molecule has 1 aliphatic carbocycles. The minimum absolute atomic E-state index is 0.0879. The van der Waals surface area contributed by atoms with E-state index in [2.05, 4.69) is 5.32 Å². The predicted octanol–water partition coefficient (Wildman–Crippen LogP) is 1.97. The number of amides is 2. The zero-order valence-electron chi connectivity index (χ0n) is 13.9. The average molecular weight is 320 g/mol. The number of hydrogen-bond acceptors (Lipinski definition) is 4. The smallest absolute Gasteiger partial charge is 0.223 e. The second kappa shape index (κ2) is 7.85. The van der Waals surface area contributed by atoms with Crippen molar-refractivity contribution in [1.29, 1.82) is 0 Å². The number of carbonyl (C=O) groups is 2. The molecule has 6 heteroatoms. The highest BCUT2D eigenvalue weighted by Crippen LogP contribution is 2.31. The van der Waals surface area contributed by atoms with E-state index in [9.17, 15) is 9.59 Å². The molecule has 0 heterocycles. The Morgan fingerprint density at radius 1 is 1.22 bits per heavy atom. The lowest BCUT2D eigenvalue weighted by molar-refractivity contribution is -0.127. The lowest BCUT2D eigenvalue weighted by Gasteiger charge is -2.26. The Hall–Kier alpha value is -2.24. The largest absolute Gasteiger partial charge is 0.493 e. The number of rotatable bonds is 7. The fraction of sp³-hybridized carbons (Fsp3) is 0.529. The summed E-state index contributed by atoms with van der Waals surface area (Å²) in [6, 6.07) is 5.32. The molecule has 1 N–H and O–H groups in total. The molecule has 1 aromatic carbocycles. The van der Waals surface area contributed by atoms with Gasteiger partial charge in [0.15, 0.2) is 11.5 Å². The van der Waals surface area contributed by atoms with Crippen LogP contribution in [0.5, 0.6) is 11.5 Å². The number of nitrogens with one attached hydrogen (secondary N) is 1. The minimum atomic E-state index is -0.0879. The molecular weight excluding hydrogens is 296 g/mol. The molecule has 0 atom stereocenters. The molecule has 2 amide bonds. The van der Waals surface area contributed by atoms with Crippen molar-refractivity contribution in [3.05, 3.63) is 18.2 Å². The maximum absolute atomic E-state index is 11.9. The SMILES string of the molecule is COc1ccc(N(CCNC(=O)C2CCC2)C(C)=O)cc1OC. The quantitative estimate of drug-likeness (QED) is 0.834. The van der Waals surface area contributed by atoms with Crippen LogP contribution >= 0.6 is 0 Å². The summed E-state index contributed by atoms with van der Waals surface area (Å²) in [5.41, 5.74) is 0.716.